The fraction of sp³-hybridized carbons (Fsp3) is 0.500. The third-order valence-corrected chi connectivity index (χ3v) is 7.25. The van der Waals surface area contributed by atoms with Crippen molar-refractivity contribution in [3.63, 3.8) is 0 Å². The van der Waals surface area contributed by atoms with Crippen LogP contribution in [0.5, 0.6) is 0 Å². The smallest absolute Gasteiger partial charge is 0.242 e. The molecule has 0 bridgehead atoms. The highest BCUT2D eigenvalue weighted by atomic mass is 32.2. The van der Waals surface area contributed by atoms with Gasteiger partial charge in [0.1, 0.15) is 9.79 Å². The predicted octanol–water partition coefficient (Wildman–Crippen LogP) is -4.26. The molecule has 30 heavy (non-hydrogen) atoms. The molecule has 0 aliphatic carbocycles. The second-order valence-electron chi connectivity index (χ2n) is 6.89. The van der Waals surface area contributed by atoms with Crippen LogP contribution in [0.25, 0.3) is 0 Å². The first-order valence-corrected chi connectivity index (χ1v) is 12.0. The van der Waals surface area contributed by atoms with E-state index in [0.29, 0.717) is 25.2 Å². The Kier molecular flexibility index (Phi) is 6.48. The van der Waals surface area contributed by atoms with Gasteiger partial charge < -0.3 is 21.5 Å². The second kappa shape index (κ2) is 8.60. The molecule has 0 saturated carbocycles. The average molecular weight is 464 g/mol. The molecule has 168 valence electrons. The third-order valence-electron chi connectivity index (χ3n) is 4.66. The maximum absolute atomic E-state index is 12.9. The summed E-state index contributed by atoms with van der Waals surface area (Å²) >= 11 is 0. The van der Waals surface area contributed by atoms with E-state index in [0.717, 1.165) is 6.07 Å². The van der Waals surface area contributed by atoms with Crippen molar-refractivity contribution in [3.8, 4) is 0 Å². The largest absolute Gasteiger partial charge is 0.390 e. The number of rotatable bonds is 8. The van der Waals surface area contributed by atoms with Crippen molar-refractivity contribution < 1.29 is 21.9 Å². The SMILES string of the molecule is NC[C@@H](O)CNS(=O)(=O)c1ccc(N2CC[C@H](N)C2)c(C2=NNNN2)c1S(N)(=O)=O. The Morgan fingerprint density at radius 2 is 2.07 bits per heavy atom. The van der Waals surface area contributed by atoms with Gasteiger partial charge in [0.2, 0.25) is 20.0 Å². The van der Waals surface area contributed by atoms with Crippen molar-refractivity contribution in [3.05, 3.63) is 17.7 Å². The van der Waals surface area contributed by atoms with Crippen molar-refractivity contribution in [2.24, 2.45) is 21.7 Å². The fourth-order valence-corrected chi connectivity index (χ4v) is 5.90. The molecule has 2 aliphatic heterocycles. The number of nitrogens with zero attached hydrogens (tertiary/aromatic N) is 2. The summed E-state index contributed by atoms with van der Waals surface area (Å²) in [5, 5.41) is 19.0. The molecule has 11 N–H and O–H groups in total. The van der Waals surface area contributed by atoms with E-state index in [-0.39, 0.29) is 24.0 Å². The highest BCUT2D eigenvalue weighted by Gasteiger charge is 2.35. The number of hydrazine groups is 2. The molecule has 0 amide bonds. The standard InChI is InChI=1S/C14H25N9O5S2/c15-5-9(24)6-18-30(27,28)11-2-1-10(23-4-3-8(16)7-23)12(13(11)29(17,25)26)14-19-21-22-20-14/h1-2,8-9,18,21-22,24H,3-7,15-16H2,(H,19,20)(H2,17,25,26)/t8-,9+/m0/s1. The number of aliphatic hydroxyl groups is 1. The Bertz CT molecular complexity index is 1040. The van der Waals surface area contributed by atoms with E-state index in [4.69, 9.17) is 16.6 Å². The summed E-state index contributed by atoms with van der Waals surface area (Å²) < 4.78 is 53.0. The Hall–Kier alpha value is -2.05. The van der Waals surface area contributed by atoms with Crippen molar-refractivity contribution in [1.82, 2.24) is 21.2 Å². The lowest BCUT2D eigenvalue weighted by Gasteiger charge is -2.24. The van der Waals surface area contributed by atoms with Crippen LogP contribution in [0.4, 0.5) is 5.69 Å². The predicted molar refractivity (Wildman–Crippen MR) is 109 cm³/mol. The zero-order valence-electron chi connectivity index (χ0n) is 15.9. The van der Waals surface area contributed by atoms with E-state index in [1.165, 1.54) is 6.07 Å². The van der Waals surface area contributed by atoms with E-state index >= 15 is 0 Å². The van der Waals surface area contributed by atoms with Gasteiger partial charge in [-0.05, 0) is 18.6 Å². The van der Waals surface area contributed by atoms with E-state index < -0.39 is 42.5 Å². The Morgan fingerprint density at radius 3 is 2.60 bits per heavy atom. The number of hydrogen-bond acceptors (Lipinski definition) is 12. The quantitative estimate of drug-likeness (QED) is 0.184. The van der Waals surface area contributed by atoms with Crippen LogP contribution in [-0.2, 0) is 20.0 Å². The minimum absolute atomic E-state index is 0.0219. The summed E-state index contributed by atoms with van der Waals surface area (Å²) in [7, 11) is -8.91. The van der Waals surface area contributed by atoms with Crippen LogP contribution in [0, 0.1) is 0 Å². The molecular weight excluding hydrogens is 438 g/mol. The lowest BCUT2D eigenvalue weighted by Crippen LogP contribution is -2.39. The van der Waals surface area contributed by atoms with Gasteiger partial charge in [-0.25, -0.2) is 32.2 Å². The molecule has 16 heteroatoms. The molecule has 2 heterocycles. The molecule has 1 aromatic carbocycles. The Balaban J connectivity index is 2.21. The number of sulfonamides is 2. The van der Waals surface area contributed by atoms with Crippen LogP contribution in [0.3, 0.4) is 0 Å². The van der Waals surface area contributed by atoms with Gasteiger partial charge in [-0.1, -0.05) is 0 Å². The lowest BCUT2D eigenvalue weighted by molar-refractivity contribution is 0.186. The van der Waals surface area contributed by atoms with Gasteiger partial charge in [-0.2, -0.15) is 0 Å². The van der Waals surface area contributed by atoms with Crippen LogP contribution in [0.15, 0.2) is 27.0 Å². The van der Waals surface area contributed by atoms with E-state index in [2.05, 4.69) is 26.3 Å². The van der Waals surface area contributed by atoms with Crippen LogP contribution >= 0.6 is 0 Å². The molecule has 0 unspecified atom stereocenters. The molecule has 0 spiro atoms. The van der Waals surface area contributed by atoms with Gasteiger partial charge in [-0.15, -0.1) is 10.6 Å². The molecule has 1 saturated heterocycles. The number of amidine groups is 1. The molecule has 0 aromatic heterocycles. The second-order valence-corrected chi connectivity index (χ2v) is 10.1. The van der Waals surface area contributed by atoms with Crippen LogP contribution < -0.4 is 42.7 Å². The highest BCUT2D eigenvalue weighted by Crippen LogP contribution is 2.34. The average Bonchev–Trinajstić information content (AvgIpc) is 3.36. The zero-order chi connectivity index (χ0) is 22.1. The van der Waals surface area contributed by atoms with Gasteiger partial charge >= 0.3 is 0 Å². The van der Waals surface area contributed by atoms with Crippen molar-refractivity contribution in [1.29, 1.82) is 0 Å². The molecule has 14 nitrogen and oxygen atoms in total. The topological polar surface area (TPSA) is 230 Å². The van der Waals surface area contributed by atoms with E-state index in [1.807, 2.05) is 4.90 Å². The first-order chi connectivity index (χ1) is 14.0. The summed E-state index contributed by atoms with van der Waals surface area (Å²) in [6, 6.07) is 2.50. The maximum Gasteiger partial charge on any atom is 0.242 e. The molecule has 0 radical (unpaired) electrons. The van der Waals surface area contributed by atoms with Crippen molar-refractivity contribution in [2.45, 2.75) is 28.4 Å². The van der Waals surface area contributed by atoms with Crippen LogP contribution in [0.1, 0.15) is 12.0 Å². The van der Waals surface area contributed by atoms with Gasteiger partial charge in [0.05, 0.1) is 11.7 Å². The molecular formula is C14H25N9O5S2. The number of hydrogen-bond donors (Lipinski definition) is 8. The third kappa shape index (κ3) is 4.65. The van der Waals surface area contributed by atoms with E-state index in [9.17, 15) is 21.9 Å². The maximum atomic E-state index is 12.9. The van der Waals surface area contributed by atoms with Crippen LogP contribution in [-0.4, -0.2) is 66.1 Å². The van der Waals surface area contributed by atoms with Crippen molar-refractivity contribution in [2.75, 3.05) is 31.1 Å². The number of benzene rings is 1. The summed E-state index contributed by atoms with van der Waals surface area (Å²) in [5.74, 6) is 0.0357. The Labute approximate surface area is 173 Å². The summed E-state index contributed by atoms with van der Waals surface area (Å²) in [6.07, 6.45) is -0.462. The van der Waals surface area contributed by atoms with E-state index in [1.54, 1.807) is 0 Å². The van der Waals surface area contributed by atoms with Gasteiger partial charge in [-0.3, -0.25) is 5.43 Å². The number of hydrazone groups is 1. The molecule has 1 aromatic rings. The summed E-state index contributed by atoms with van der Waals surface area (Å²) in [6.45, 7) is 0.406. The molecule has 2 atom stereocenters. The number of nitrogens with two attached hydrogens (primary N) is 3. The summed E-state index contributed by atoms with van der Waals surface area (Å²) in [4.78, 5) is 0.624. The molecule has 2 aliphatic rings. The number of nitrogens with one attached hydrogen (secondary N) is 4. The first kappa shape index (κ1) is 22.6. The van der Waals surface area contributed by atoms with Gasteiger partial charge in [0.25, 0.3) is 0 Å². The monoisotopic (exact) mass is 463 g/mol. The lowest BCUT2D eigenvalue weighted by atomic mass is 10.1. The normalized spacial score (nSPS) is 20.6. The molecule has 1 fully saturated rings. The van der Waals surface area contributed by atoms with Gasteiger partial charge in [0.15, 0.2) is 5.84 Å². The van der Waals surface area contributed by atoms with Crippen molar-refractivity contribution >= 4 is 31.6 Å². The highest BCUT2D eigenvalue weighted by molar-refractivity contribution is 7.92. The number of aliphatic hydroxyl groups excluding tert-OH is 1. The van der Waals surface area contributed by atoms with Gasteiger partial charge in [0, 0.05) is 37.9 Å². The zero-order valence-corrected chi connectivity index (χ0v) is 17.5. The number of primary sulfonamides is 1. The Morgan fingerprint density at radius 1 is 1.33 bits per heavy atom. The minimum Gasteiger partial charge on any atom is -0.390 e. The number of anilines is 1. The minimum atomic E-state index is -4.54. The first-order valence-electron chi connectivity index (χ1n) is 8.97. The van der Waals surface area contributed by atoms with Crippen LogP contribution in [0.2, 0.25) is 0 Å². The summed E-state index contributed by atoms with van der Waals surface area (Å²) in [5.41, 5.74) is 19.2. The fourth-order valence-electron chi connectivity index (χ4n) is 3.23. The molecule has 3 rings (SSSR count).